The van der Waals surface area contributed by atoms with Crippen molar-refractivity contribution in [2.75, 3.05) is 0 Å². The van der Waals surface area contributed by atoms with Crippen molar-refractivity contribution < 1.29 is 0 Å². The van der Waals surface area contributed by atoms with Gasteiger partial charge in [-0.15, -0.1) is 11.3 Å². The molecule has 94 valence electrons. The van der Waals surface area contributed by atoms with Crippen molar-refractivity contribution in [3.05, 3.63) is 59.6 Å². The van der Waals surface area contributed by atoms with Gasteiger partial charge in [-0.25, -0.2) is 4.98 Å². The third-order valence-electron chi connectivity index (χ3n) is 2.85. The van der Waals surface area contributed by atoms with Crippen molar-refractivity contribution in [2.24, 2.45) is 5.73 Å². The first kappa shape index (κ1) is 12.0. The van der Waals surface area contributed by atoms with Crippen LogP contribution in [0.2, 0.25) is 0 Å². The summed E-state index contributed by atoms with van der Waals surface area (Å²) < 4.78 is 0. The predicted molar refractivity (Wildman–Crippen MR) is 78.7 cm³/mol. The Bertz CT molecular complexity index is 677. The Morgan fingerprint density at radius 2 is 2.00 bits per heavy atom. The van der Waals surface area contributed by atoms with Gasteiger partial charge in [-0.05, 0) is 23.8 Å². The minimum Gasteiger partial charge on any atom is -0.326 e. The lowest BCUT2D eigenvalue weighted by Gasteiger charge is -2.00. The van der Waals surface area contributed by atoms with Gasteiger partial charge in [0.25, 0.3) is 0 Å². The maximum Gasteiger partial charge on any atom is 0.142 e. The molecule has 0 aliphatic rings. The van der Waals surface area contributed by atoms with Gasteiger partial charge in [0, 0.05) is 23.7 Å². The lowest BCUT2D eigenvalue weighted by molar-refractivity contribution is 1.07. The van der Waals surface area contributed by atoms with Crippen molar-refractivity contribution in [3.8, 4) is 22.0 Å². The Morgan fingerprint density at radius 1 is 1.05 bits per heavy atom. The molecule has 2 aromatic heterocycles. The quantitative estimate of drug-likeness (QED) is 0.792. The molecular weight excluding hydrogens is 254 g/mol. The van der Waals surface area contributed by atoms with Crippen LogP contribution in [0.5, 0.6) is 0 Å². The van der Waals surface area contributed by atoms with Crippen LogP contribution in [0.4, 0.5) is 0 Å². The molecule has 3 aromatic rings. The molecule has 0 radical (unpaired) electrons. The molecule has 19 heavy (non-hydrogen) atoms. The van der Waals surface area contributed by atoms with Gasteiger partial charge in [0.15, 0.2) is 0 Å². The van der Waals surface area contributed by atoms with Crippen molar-refractivity contribution in [1.29, 1.82) is 0 Å². The maximum absolute atomic E-state index is 5.67. The van der Waals surface area contributed by atoms with Crippen LogP contribution in [0.25, 0.3) is 22.0 Å². The zero-order chi connectivity index (χ0) is 13.1. The van der Waals surface area contributed by atoms with Gasteiger partial charge in [0.2, 0.25) is 0 Å². The first-order chi connectivity index (χ1) is 9.36. The highest BCUT2D eigenvalue weighted by Gasteiger charge is 2.07. The molecule has 4 heteroatoms. The molecular formula is C15H13N3S. The van der Waals surface area contributed by atoms with E-state index in [0.717, 1.165) is 27.5 Å². The zero-order valence-corrected chi connectivity index (χ0v) is 11.1. The summed E-state index contributed by atoms with van der Waals surface area (Å²) in [5, 5.41) is 2.99. The molecule has 0 amide bonds. The van der Waals surface area contributed by atoms with Crippen LogP contribution >= 0.6 is 11.3 Å². The number of nitrogens with zero attached hydrogens (tertiary/aromatic N) is 2. The maximum atomic E-state index is 5.67. The van der Waals surface area contributed by atoms with Gasteiger partial charge >= 0.3 is 0 Å². The second kappa shape index (κ2) is 5.30. The Hall–Kier alpha value is -2.04. The van der Waals surface area contributed by atoms with E-state index in [9.17, 15) is 0 Å². The van der Waals surface area contributed by atoms with Gasteiger partial charge in [-0.1, -0.05) is 24.3 Å². The SMILES string of the molecule is NCc1cccc(-c2csc(-c3ccccn3)n2)c1. The first-order valence-corrected chi connectivity index (χ1v) is 6.91. The summed E-state index contributed by atoms with van der Waals surface area (Å²) in [7, 11) is 0. The van der Waals surface area contributed by atoms with Crippen LogP contribution in [-0.2, 0) is 6.54 Å². The smallest absolute Gasteiger partial charge is 0.142 e. The minimum atomic E-state index is 0.547. The number of hydrogen-bond donors (Lipinski definition) is 1. The molecule has 0 fully saturated rings. The van der Waals surface area contributed by atoms with Crippen LogP contribution in [0.3, 0.4) is 0 Å². The van der Waals surface area contributed by atoms with Crippen molar-refractivity contribution in [2.45, 2.75) is 6.54 Å². The van der Waals surface area contributed by atoms with Crippen LogP contribution in [-0.4, -0.2) is 9.97 Å². The lowest BCUT2D eigenvalue weighted by atomic mass is 10.1. The van der Waals surface area contributed by atoms with E-state index < -0.39 is 0 Å². The first-order valence-electron chi connectivity index (χ1n) is 6.03. The molecule has 0 saturated carbocycles. The van der Waals surface area contributed by atoms with E-state index in [2.05, 4.69) is 27.5 Å². The van der Waals surface area contributed by atoms with Gasteiger partial charge in [-0.2, -0.15) is 0 Å². The van der Waals surface area contributed by atoms with E-state index in [1.807, 2.05) is 30.3 Å². The number of aromatic nitrogens is 2. The molecule has 1 aromatic carbocycles. The molecule has 2 N–H and O–H groups in total. The Balaban J connectivity index is 1.97. The van der Waals surface area contributed by atoms with Crippen molar-refractivity contribution in [1.82, 2.24) is 9.97 Å². The van der Waals surface area contributed by atoms with Gasteiger partial charge in [-0.3, -0.25) is 4.98 Å². The highest BCUT2D eigenvalue weighted by molar-refractivity contribution is 7.13. The fourth-order valence-electron chi connectivity index (χ4n) is 1.87. The highest BCUT2D eigenvalue weighted by atomic mass is 32.1. The summed E-state index contributed by atoms with van der Waals surface area (Å²) in [5.41, 5.74) is 9.76. The Kier molecular flexibility index (Phi) is 3.35. The van der Waals surface area contributed by atoms with E-state index in [-0.39, 0.29) is 0 Å². The largest absolute Gasteiger partial charge is 0.326 e. The van der Waals surface area contributed by atoms with Crippen LogP contribution < -0.4 is 5.73 Å². The summed E-state index contributed by atoms with van der Waals surface area (Å²) in [6.45, 7) is 0.547. The van der Waals surface area contributed by atoms with Gasteiger partial charge < -0.3 is 5.73 Å². The molecule has 0 bridgehead atoms. The standard InChI is InChI=1S/C15H13N3S/c16-9-11-4-3-5-12(8-11)14-10-19-15(18-14)13-6-1-2-7-17-13/h1-8,10H,9,16H2. The molecule has 3 nitrogen and oxygen atoms in total. The summed E-state index contributed by atoms with van der Waals surface area (Å²) in [6.07, 6.45) is 1.78. The van der Waals surface area contributed by atoms with Crippen molar-refractivity contribution in [3.63, 3.8) is 0 Å². The van der Waals surface area contributed by atoms with Gasteiger partial charge in [0.05, 0.1) is 11.4 Å². The van der Waals surface area contributed by atoms with Crippen molar-refractivity contribution >= 4 is 11.3 Å². The second-order valence-electron chi connectivity index (χ2n) is 4.16. The third-order valence-corrected chi connectivity index (χ3v) is 3.71. The average Bonchev–Trinajstić information content (AvgIpc) is 2.98. The summed E-state index contributed by atoms with van der Waals surface area (Å²) in [4.78, 5) is 8.96. The molecule has 0 saturated heterocycles. The average molecular weight is 267 g/mol. The molecule has 0 aliphatic carbocycles. The monoisotopic (exact) mass is 267 g/mol. The van der Waals surface area contributed by atoms with Gasteiger partial charge in [0.1, 0.15) is 5.01 Å². The minimum absolute atomic E-state index is 0.547. The Morgan fingerprint density at radius 3 is 2.79 bits per heavy atom. The molecule has 0 spiro atoms. The summed E-state index contributed by atoms with van der Waals surface area (Å²) in [6, 6.07) is 14.0. The number of nitrogens with two attached hydrogens (primary N) is 1. The molecule has 0 unspecified atom stereocenters. The van der Waals surface area contributed by atoms with E-state index in [1.165, 1.54) is 0 Å². The number of benzene rings is 1. The van der Waals surface area contributed by atoms with Crippen LogP contribution in [0, 0.1) is 0 Å². The topological polar surface area (TPSA) is 51.8 Å². The number of rotatable bonds is 3. The van der Waals surface area contributed by atoms with E-state index >= 15 is 0 Å². The fourth-order valence-corrected chi connectivity index (χ4v) is 2.68. The van der Waals surface area contributed by atoms with E-state index in [4.69, 9.17) is 5.73 Å². The second-order valence-corrected chi connectivity index (χ2v) is 5.02. The van der Waals surface area contributed by atoms with E-state index in [0.29, 0.717) is 6.54 Å². The van der Waals surface area contributed by atoms with E-state index in [1.54, 1.807) is 17.5 Å². The predicted octanol–water partition coefficient (Wildman–Crippen LogP) is 3.33. The fraction of sp³-hybridized carbons (Fsp3) is 0.0667. The molecule has 0 atom stereocenters. The highest BCUT2D eigenvalue weighted by Crippen LogP contribution is 2.27. The van der Waals surface area contributed by atoms with Crippen LogP contribution in [0.15, 0.2) is 54.0 Å². The third kappa shape index (κ3) is 2.54. The molecule has 3 rings (SSSR count). The number of pyridine rings is 1. The summed E-state index contributed by atoms with van der Waals surface area (Å²) in [5.74, 6) is 0. The number of thiazole rings is 1. The normalized spacial score (nSPS) is 10.6. The molecule has 0 aliphatic heterocycles. The summed E-state index contributed by atoms with van der Waals surface area (Å²) >= 11 is 1.61. The Labute approximate surface area is 115 Å². The van der Waals surface area contributed by atoms with Crippen LogP contribution in [0.1, 0.15) is 5.56 Å². The number of hydrogen-bond acceptors (Lipinski definition) is 4. The lowest BCUT2D eigenvalue weighted by Crippen LogP contribution is -1.95. The molecule has 2 heterocycles. The zero-order valence-electron chi connectivity index (χ0n) is 10.3.